The Kier molecular flexibility index (Phi) is 2.19. The number of nitrogens with zero attached hydrogens (tertiary/aromatic N) is 2. The first-order valence-electron chi connectivity index (χ1n) is 5.04. The average Bonchev–Trinajstić information content (AvgIpc) is 2.71. The van der Waals surface area contributed by atoms with Gasteiger partial charge in [-0.2, -0.15) is 4.98 Å². The van der Waals surface area contributed by atoms with Gasteiger partial charge in [0.05, 0.1) is 0 Å². The van der Waals surface area contributed by atoms with Crippen LogP contribution in [-0.4, -0.2) is 28.3 Å². The van der Waals surface area contributed by atoms with E-state index in [1.165, 1.54) is 0 Å². The fraction of sp³-hybridized carbons (Fsp3) is 0.778. The van der Waals surface area contributed by atoms with E-state index in [0.29, 0.717) is 11.9 Å². The fourth-order valence-corrected chi connectivity index (χ4v) is 2.18. The quantitative estimate of drug-likeness (QED) is 0.633. The van der Waals surface area contributed by atoms with E-state index in [2.05, 4.69) is 34.3 Å². The van der Waals surface area contributed by atoms with Gasteiger partial charge in [-0.15, -0.1) is 5.10 Å². The molecule has 1 saturated heterocycles. The number of H-pyrrole nitrogens is 1. The number of nitrogens with one attached hydrogen (secondary N) is 2. The summed E-state index contributed by atoms with van der Waals surface area (Å²) in [5.41, 5.74) is 5.62. The highest BCUT2D eigenvalue weighted by atomic mass is 15.3. The summed E-state index contributed by atoms with van der Waals surface area (Å²) in [7, 11) is 0. The molecular formula is C9H17N5. The van der Waals surface area contributed by atoms with Gasteiger partial charge in [0.2, 0.25) is 5.95 Å². The van der Waals surface area contributed by atoms with Crippen molar-refractivity contribution in [2.24, 2.45) is 5.92 Å². The molecule has 4 N–H and O–H groups in total. The van der Waals surface area contributed by atoms with E-state index in [0.717, 1.165) is 25.3 Å². The van der Waals surface area contributed by atoms with Crippen LogP contribution >= 0.6 is 0 Å². The third kappa shape index (κ3) is 1.28. The Hall–Kier alpha value is -1.10. The van der Waals surface area contributed by atoms with Crippen LogP contribution in [0.2, 0.25) is 0 Å². The second-order valence-corrected chi connectivity index (χ2v) is 4.28. The van der Waals surface area contributed by atoms with Crippen molar-refractivity contribution in [3.05, 3.63) is 5.82 Å². The minimum absolute atomic E-state index is 0.0879. The molecule has 0 spiro atoms. The molecule has 1 unspecified atom stereocenters. The van der Waals surface area contributed by atoms with Gasteiger partial charge in [-0.3, -0.25) is 5.10 Å². The molecule has 1 aromatic rings. The molecule has 5 heteroatoms. The zero-order chi connectivity index (χ0) is 10.2. The lowest BCUT2D eigenvalue weighted by Crippen LogP contribution is -2.36. The molecule has 0 bridgehead atoms. The summed E-state index contributed by atoms with van der Waals surface area (Å²) < 4.78 is 0. The van der Waals surface area contributed by atoms with E-state index >= 15 is 0 Å². The van der Waals surface area contributed by atoms with E-state index < -0.39 is 0 Å². The molecule has 14 heavy (non-hydrogen) atoms. The van der Waals surface area contributed by atoms with Crippen molar-refractivity contribution < 1.29 is 0 Å². The molecule has 0 aliphatic carbocycles. The highest BCUT2D eigenvalue weighted by molar-refractivity contribution is 5.21. The summed E-state index contributed by atoms with van der Waals surface area (Å²) >= 11 is 0. The van der Waals surface area contributed by atoms with Crippen LogP contribution in [0.3, 0.4) is 0 Å². The predicted octanol–water partition coefficient (Wildman–Crippen LogP) is 0.274. The Balaban J connectivity index is 2.36. The van der Waals surface area contributed by atoms with Crippen molar-refractivity contribution in [2.45, 2.75) is 25.7 Å². The van der Waals surface area contributed by atoms with Gasteiger partial charge in [0.1, 0.15) is 5.82 Å². The number of anilines is 1. The number of nitrogens with two attached hydrogens (primary N) is 1. The zero-order valence-corrected chi connectivity index (χ0v) is 8.67. The lowest BCUT2D eigenvalue weighted by Gasteiger charge is -2.29. The average molecular weight is 195 g/mol. The molecule has 1 aliphatic heterocycles. The first-order chi connectivity index (χ1) is 6.65. The molecule has 2 heterocycles. The topological polar surface area (TPSA) is 79.6 Å². The van der Waals surface area contributed by atoms with Gasteiger partial charge in [0.15, 0.2) is 0 Å². The molecular weight excluding hydrogens is 178 g/mol. The normalized spacial score (nSPS) is 27.4. The lowest BCUT2D eigenvalue weighted by molar-refractivity contribution is 0.318. The van der Waals surface area contributed by atoms with Crippen molar-refractivity contribution in [1.82, 2.24) is 20.5 Å². The van der Waals surface area contributed by atoms with Gasteiger partial charge in [0.25, 0.3) is 0 Å². The van der Waals surface area contributed by atoms with Crippen LogP contribution in [0.25, 0.3) is 0 Å². The number of nitrogen functional groups attached to an aromatic ring is 1. The third-order valence-corrected chi connectivity index (χ3v) is 3.27. The van der Waals surface area contributed by atoms with Crippen molar-refractivity contribution in [2.75, 3.05) is 18.8 Å². The minimum atomic E-state index is 0.0879. The van der Waals surface area contributed by atoms with E-state index in [9.17, 15) is 0 Å². The van der Waals surface area contributed by atoms with Gasteiger partial charge in [-0.1, -0.05) is 13.8 Å². The summed E-state index contributed by atoms with van der Waals surface area (Å²) in [6, 6.07) is 0. The largest absolute Gasteiger partial charge is 0.367 e. The Bertz CT molecular complexity index is 311. The summed E-state index contributed by atoms with van der Waals surface area (Å²) in [5.74, 6) is 1.80. The molecule has 78 valence electrons. The van der Waals surface area contributed by atoms with Crippen LogP contribution < -0.4 is 11.1 Å². The van der Waals surface area contributed by atoms with Crippen LogP contribution in [0.4, 0.5) is 5.95 Å². The van der Waals surface area contributed by atoms with Crippen LogP contribution in [0.1, 0.15) is 26.1 Å². The molecule has 1 aromatic heterocycles. The Labute approximate surface area is 83.5 Å². The Morgan fingerprint density at radius 1 is 1.50 bits per heavy atom. The molecule has 1 fully saturated rings. The molecule has 0 amide bonds. The first-order valence-corrected chi connectivity index (χ1v) is 5.04. The van der Waals surface area contributed by atoms with Crippen LogP contribution in [0.15, 0.2) is 0 Å². The maximum Gasteiger partial charge on any atom is 0.239 e. The number of hydrogen-bond acceptors (Lipinski definition) is 4. The number of hydrogen-bond donors (Lipinski definition) is 3. The second-order valence-electron chi connectivity index (χ2n) is 4.28. The molecule has 2 rings (SSSR count). The van der Waals surface area contributed by atoms with Crippen molar-refractivity contribution in [1.29, 1.82) is 0 Å². The molecule has 1 aliphatic rings. The zero-order valence-electron chi connectivity index (χ0n) is 8.67. The van der Waals surface area contributed by atoms with Gasteiger partial charge in [-0.05, 0) is 18.9 Å². The molecule has 1 atom stereocenters. The monoisotopic (exact) mass is 195 g/mol. The third-order valence-electron chi connectivity index (χ3n) is 3.27. The predicted molar refractivity (Wildman–Crippen MR) is 54.8 cm³/mol. The van der Waals surface area contributed by atoms with Crippen LogP contribution in [-0.2, 0) is 5.41 Å². The Morgan fingerprint density at radius 2 is 2.29 bits per heavy atom. The number of rotatable bonds is 2. The van der Waals surface area contributed by atoms with Gasteiger partial charge < -0.3 is 11.1 Å². The summed E-state index contributed by atoms with van der Waals surface area (Å²) in [4.78, 5) is 4.26. The van der Waals surface area contributed by atoms with Crippen LogP contribution in [0, 0.1) is 5.92 Å². The highest BCUT2D eigenvalue weighted by Gasteiger charge is 2.41. The van der Waals surface area contributed by atoms with Gasteiger partial charge >= 0.3 is 0 Å². The van der Waals surface area contributed by atoms with E-state index in [1.54, 1.807) is 0 Å². The van der Waals surface area contributed by atoms with Crippen LogP contribution in [0.5, 0.6) is 0 Å². The summed E-state index contributed by atoms with van der Waals surface area (Å²) in [6.45, 7) is 6.43. The maximum absolute atomic E-state index is 5.53. The number of aromatic nitrogens is 3. The smallest absolute Gasteiger partial charge is 0.239 e. The van der Waals surface area contributed by atoms with E-state index in [4.69, 9.17) is 5.73 Å². The molecule has 0 saturated carbocycles. The van der Waals surface area contributed by atoms with E-state index in [-0.39, 0.29) is 5.41 Å². The Morgan fingerprint density at radius 3 is 2.71 bits per heavy atom. The second kappa shape index (κ2) is 3.24. The summed E-state index contributed by atoms with van der Waals surface area (Å²) in [5, 5.41) is 10.2. The summed E-state index contributed by atoms with van der Waals surface area (Å²) in [6.07, 6.45) is 1.10. The highest BCUT2D eigenvalue weighted by Crippen LogP contribution is 2.35. The minimum Gasteiger partial charge on any atom is -0.367 e. The first kappa shape index (κ1) is 9.45. The van der Waals surface area contributed by atoms with Gasteiger partial charge in [0, 0.05) is 12.0 Å². The number of aromatic amines is 1. The lowest BCUT2D eigenvalue weighted by atomic mass is 9.76. The SMILES string of the molecule is CC(C)C1(c2nc(N)n[nH]2)CCNC1. The molecule has 0 radical (unpaired) electrons. The van der Waals surface area contributed by atoms with Gasteiger partial charge in [-0.25, -0.2) is 0 Å². The fourth-order valence-electron chi connectivity index (χ4n) is 2.18. The van der Waals surface area contributed by atoms with E-state index in [1.807, 2.05) is 0 Å². The van der Waals surface area contributed by atoms with Crippen molar-refractivity contribution in [3.63, 3.8) is 0 Å². The van der Waals surface area contributed by atoms with Crippen molar-refractivity contribution >= 4 is 5.95 Å². The molecule has 5 nitrogen and oxygen atoms in total. The van der Waals surface area contributed by atoms with Crippen molar-refractivity contribution in [3.8, 4) is 0 Å². The molecule has 0 aromatic carbocycles. The standard InChI is InChI=1S/C9H17N5/c1-6(2)9(3-4-11-5-9)7-12-8(10)14-13-7/h6,11H,3-5H2,1-2H3,(H3,10,12,13,14). The maximum atomic E-state index is 5.53.